The Morgan fingerprint density at radius 3 is 2.83 bits per heavy atom. The third-order valence-electron chi connectivity index (χ3n) is 5.45. The van der Waals surface area contributed by atoms with Crippen LogP contribution in [0, 0.1) is 0 Å². The maximum atomic E-state index is 14.1. The third-order valence-corrected chi connectivity index (χ3v) is 5.63. The van der Waals surface area contributed by atoms with Crippen LogP contribution in [0.1, 0.15) is 18.3 Å². The van der Waals surface area contributed by atoms with Gasteiger partial charge in [-0.2, -0.15) is 0 Å². The second kappa shape index (κ2) is 7.19. The van der Waals surface area contributed by atoms with Gasteiger partial charge in [-0.3, -0.25) is 0 Å². The van der Waals surface area contributed by atoms with Crippen molar-refractivity contribution in [3.8, 4) is 5.88 Å². The molecule has 2 aromatic heterocycles. The van der Waals surface area contributed by atoms with Crippen LogP contribution in [-0.4, -0.2) is 59.6 Å². The van der Waals surface area contributed by atoms with Gasteiger partial charge in [-0.1, -0.05) is 11.6 Å². The summed E-state index contributed by atoms with van der Waals surface area (Å²) in [5.74, 6) is 0.797. The highest BCUT2D eigenvalue weighted by Crippen LogP contribution is 2.45. The maximum absolute atomic E-state index is 14.1. The number of rotatable bonds is 4. The molecule has 0 aromatic carbocycles. The first-order chi connectivity index (χ1) is 14.0. The number of pyridine rings is 1. The first kappa shape index (κ1) is 18.7. The average molecular weight is 426 g/mol. The van der Waals surface area contributed by atoms with Gasteiger partial charge >= 0.3 is 0 Å². The maximum Gasteiger partial charge on any atom is 0.263 e. The Kier molecular flexibility index (Phi) is 4.64. The number of fused-ring (bicyclic) bond motifs is 3. The van der Waals surface area contributed by atoms with Crippen molar-refractivity contribution in [1.29, 1.82) is 0 Å². The molecule has 2 saturated heterocycles. The van der Waals surface area contributed by atoms with Crippen LogP contribution in [0.5, 0.6) is 5.88 Å². The molecule has 0 amide bonds. The lowest BCUT2D eigenvalue weighted by molar-refractivity contribution is -0.0444. The lowest BCUT2D eigenvalue weighted by Gasteiger charge is -2.43. The van der Waals surface area contributed by atoms with E-state index in [1.807, 2.05) is 0 Å². The largest absolute Gasteiger partial charge is 0.472 e. The molecular weight excluding hydrogens is 408 g/mol. The molecule has 1 N–H and O–H groups in total. The van der Waals surface area contributed by atoms with Gasteiger partial charge in [0.05, 0.1) is 25.4 Å². The van der Waals surface area contributed by atoms with E-state index >= 15 is 0 Å². The van der Waals surface area contributed by atoms with E-state index in [1.165, 1.54) is 0 Å². The van der Waals surface area contributed by atoms with Crippen LogP contribution >= 0.6 is 11.6 Å². The zero-order valence-corrected chi connectivity index (χ0v) is 16.0. The summed E-state index contributed by atoms with van der Waals surface area (Å²) in [7, 11) is 0. The molecule has 0 saturated carbocycles. The molecule has 5 heterocycles. The SMILES string of the molecule is FC(F)[C@@]12CNc3nnc(Cl)cc3N1C[C@H](Oc1ccc(C3OCCO3)cn1)C2. The first-order valence-corrected chi connectivity index (χ1v) is 9.62. The van der Waals surface area contributed by atoms with Gasteiger partial charge in [0.15, 0.2) is 17.3 Å². The van der Waals surface area contributed by atoms with Gasteiger partial charge in [-0.25, -0.2) is 13.8 Å². The highest BCUT2D eigenvalue weighted by molar-refractivity contribution is 6.29. The molecule has 3 aliphatic heterocycles. The van der Waals surface area contributed by atoms with E-state index < -0.39 is 24.4 Å². The van der Waals surface area contributed by atoms with Gasteiger partial charge < -0.3 is 24.4 Å². The van der Waals surface area contributed by atoms with Gasteiger partial charge in [0, 0.05) is 36.9 Å². The number of anilines is 2. The monoisotopic (exact) mass is 425 g/mol. The summed E-state index contributed by atoms with van der Waals surface area (Å²) in [4.78, 5) is 5.91. The Bertz CT molecular complexity index is 900. The van der Waals surface area contributed by atoms with Crippen molar-refractivity contribution in [2.75, 3.05) is 36.5 Å². The number of hydrogen-bond donors (Lipinski definition) is 1. The predicted octanol–water partition coefficient (Wildman–Crippen LogP) is 2.66. The third kappa shape index (κ3) is 3.24. The van der Waals surface area contributed by atoms with Gasteiger partial charge in [-0.15, -0.1) is 10.2 Å². The number of ether oxygens (including phenoxy) is 3. The normalized spacial score (nSPS) is 26.3. The summed E-state index contributed by atoms with van der Waals surface area (Å²) in [6.07, 6.45) is -1.73. The standard InChI is InChI=1S/C18H18ClF2N5O3/c19-13-5-12-15(25-24-13)23-9-18(17(20)21)6-11(8-26(12)18)29-14-2-1-10(7-22-14)16-27-3-4-28-16/h1-2,5,7,11,16-17H,3-4,6,8-9H2,(H,23,25)/t11-,18-/m1/s1. The summed E-state index contributed by atoms with van der Waals surface area (Å²) in [6.45, 7) is 1.39. The Morgan fingerprint density at radius 2 is 2.10 bits per heavy atom. The van der Waals surface area contributed by atoms with E-state index in [-0.39, 0.29) is 24.7 Å². The molecule has 2 aromatic rings. The van der Waals surface area contributed by atoms with Crippen molar-refractivity contribution < 1.29 is 23.0 Å². The first-order valence-electron chi connectivity index (χ1n) is 9.24. The minimum absolute atomic E-state index is 0.0383. The molecule has 154 valence electrons. The van der Waals surface area contributed by atoms with E-state index in [1.54, 1.807) is 29.3 Å². The van der Waals surface area contributed by atoms with Gasteiger partial charge in [0.2, 0.25) is 5.88 Å². The molecule has 3 aliphatic rings. The lowest BCUT2D eigenvalue weighted by atomic mass is 9.93. The van der Waals surface area contributed by atoms with Crippen LogP contribution in [0.15, 0.2) is 24.4 Å². The van der Waals surface area contributed by atoms with Crippen LogP contribution in [0.25, 0.3) is 0 Å². The molecule has 0 spiro atoms. The van der Waals surface area contributed by atoms with Crippen molar-refractivity contribution in [2.24, 2.45) is 0 Å². The van der Waals surface area contributed by atoms with Crippen LogP contribution < -0.4 is 15.0 Å². The summed E-state index contributed by atoms with van der Waals surface area (Å²) in [6, 6.07) is 5.04. The molecule has 0 aliphatic carbocycles. The molecule has 2 atom stereocenters. The minimum atomic E-state index is -2.59. The van der Waals surface area contributed by atoms with Crippen LogP contribution in [0.3, 0.4) is 0 Å². The molecule has 8 nitrogen and oxygen atoms in total. The van der Waals surface area contributed by atoms with E-state index in [0.29, 0.717) is 30.6 Å². The molecular formula is C18H18ClF2N5O3. The van der Waals surface area contributed by atoms with Crippen LogP contribution in [0.2, 0.25) is 5.15 Å². The fourth-order valence-corrected chi connectivity index (χ4v) is 4.21. The average Bonchev–Trinajstić information content (AvgIpc) is 3.37. The van der Waals surface area contributed by atoms with Crippen molar-refractivity contribution in [1.82, 2.24) is 15.2 Å². The van der Waals surface area contributed by atoms with E-state index in [9.17, 15) is 8.78 Å². The second-order valence-corrected chi connectivity index (χ2v) is 7.60. The van der Waals surface area contributed by atoms with Crippen molar-refractivity contribution in [3.63, 3.8) is 0 Å². The molecule has 0 radical (unpaired) electrons. The molecule has 29 heavy (non-hydrogen) atoms. The lowest BCUT2D eigenvalue weighted by Crippen LogP contribution is -2.57. The van der Waals surface area contributed by atoms with E-state index in [0.717, 1.165) is 5.56 Å². The fraction of sp³-hybridized carbons (Fsp3) is 0.500. The number of nitrogens with zero attached hydrogens (tertiary/aromatic N) is 4. The summed E-state index contributed by atoms with van der Waals surface area (Å²) < 4.78 is 45.1. The predicted molar refractivity (Wildman–Crippen MR) is 99.5 cm³/mol. The number of alkyl halides is 2. The highest BCUT2D eigenvalue weighted by Gasteiger charge is 2.55. The van der Waals surface area contributed by atoms with Gasteiger partial charge in [-0.05, 0) is 6.07 Å². The van der Waals surface area contributed by atoms with Gasteiger partial charge in [0.25, 0.3) is 6.43 Å². The summed E-state index contributed by atoms with van der Waals surface area (Å²) in [5, 5.41) is 10.8. The number of nitrogens with one attached hydrogen (secondary N) is 1. The zero-order valence-electron chi connectivity index (χ0n) is 15.2. The topological polar surface area (TPSA) is 81.6 Å². The van der Waals surface area contributed by atoms with Gasteiger partial charge in [0.1, 0.15) is 11.6 Å². The molecule has 11 heteroatoms. The smallest absolute Gasteiger partial charge is 0.263 e. The molecule has 0 bridgehead atoms. The number of aromatic nitrogens is 3. The molecule has 5 rings (SSSR count). The van der Waals surface area contributed by atoms with E-state index in [2.05, 4.69) is 20.5 Å². The second-order valence-electron chi connectivity index (χ2n) is 7.22. The summed E-state index contributed by atoms with van der Waals surface area (Å²) >= 11 is 5.95. The molecule has 0 unspecified atom stereocenters. The Morgan fingerprint density at radius 1 is 1.28 bits per heavy atom. The number of halogens is 3. The zero-order chi connectivity index (χ0) is 20.0. The molecule has 2 fully saturated rings. The van der Waals surface area contributed by atoms with Crippen molar-refractivity contribution in [3.05, 3.63) is 35.1 Å². The fourth-order valence-electron chi connectivity index (χ4n) is 4.07. The van der Waals surface area contributed by atoms with E-state index in [4.69, 9.17) is 25.8 Å². The van der Waals surface area contributed by atoms with Crippen LogP contribution in [-0.2, 0) is 9.47 Å². The quantitative estimate of drug-likeness (QED) is 0.800. The minimum Gasteiger partial charge on any atom is -0.472 e. The summed E-state index contributed by atoms with van der Waals surface area (Å²) in [5.41, 5.74) is -0.120. The Balaban J connectivity index is 1.36. The van der Waals surface area contributed by atoms with Crippen molar-refractivity contribution in [2.45, 2.75) is 30.8 Å². The highest BCUT2D eigenvalue weighted by atomic mass is 35.5. The van der Waals surface area contributed by atoms with Crippen LogP contribution in [0.4, 0.5) is 20.3 Å². The van der Waals surface area contributed by atoms with Crippen molar-refractivity contribution >= 4 is 23.1 Å². The Labute approximate surface area is 170 Å². The Hall–Kier alpha value is -2.30. The number of hydrogen-bond acceptors (Lipinski definition) is 8.